The smallest absolute Gasteiger partial charge is 0.153 e. The number of ether oxygens (including phenoxy) is 1. The van der Waals surface area contributed by atoms with Crippen molar-refractivity contribution >= 4 is 9.84 Å². The molecule has 0 bridgehead atoms. The van der Waals surface area contributed by atoms with Crippen LogP contribution in [0.15, 0.2) is 24.3 Å². The van der Waals surface area contributed by atoms with Crippen LogP contribution in [0.4, 0.5) is 0 Å². The van der Waals surface area contributed by atoms with E-state index in [0.717, 1.165) is 5.56 Å². The first-order chi connectivity index (χ1) is 9.17. The van der Waals surface area contributed by atoms with E-state index in [9.17, 15) is 13.5 Å². The molecule has 20 heavy (non-hydrogen) atoms. The van der Waals surface area contributed by atoms with E-state index in [1.807, 2.05) is 0 Å². The van der Waals surface area contributed by atoms with Gasteiger partial charge >= 0.3 is 0 Å². The summed E-state index contributed by atoms with van der Waals surface area (Å²) in [7, 11) is -1.57. The van der Waals surface area contributed by atoms with Gasteiger partial charge in [0.1, 0.15) is 5.75 Å². The van der Waals surface area contributed by atoms with Gasteiger partial charge in [0.25, 0.3) is 0 Å². The molecule has 0 fully saturated rings. The molecular formula is C14H23NO4S. The molecule has 0 spiro atoms. The summed E-state index contributed by atoms with van der Waals surface area (Å²) in [5.41, 5.74) is 0.731. The van der Waals surface area contributed by atoms with Crippen molar-refractivity contribution in [1.29, 1.82) is 0 Å². The van der Waals surface area contributed by atoms with Gasteiger partial charge in [-0.3, -0.25) is 0 Å². The van der Waals surface area contributed by atoms with Gasteiger partial charge in [-0.25, -0.2) is 8.42 Å². The van der Waals surface area contributed by atoms with Crippen molar-refractivity contribution in [3.05, 3.63) is 29.8 Å². The van der Waals surface area contributed by atoms with Crippen LogP contribution in [-0.4, -0.2) is 44.7 Å². The number of hydrogen-bond acceptors (Lipinski definition) is 5. The van der Waals surface area contributed by atoms with Crippen LogP contribution in [0.25, 0.3) is 0 Å². The van der Waals surface area contributed by atoms with Gasteiger partial charge < -0.3 is 15.2 Å². The van der Waals surface area contributed by atoms with E-state index in [1.54, 1.807) is 45.2 Å². The van der Waals surface area contributed by atoms with Gasteiger partial charge in [-0.05, 0) is 31.5 Å². The van der Waals surface area contributed by atoms with Crippen molar-refractivity contribution in [2.45, 2.75) is 24.7 Å². The summed E-state index contributed by atoms with van der Waals surface area (Å²) in [5, 5.41) is 13.1. The number of sulfone groups is 1. The molecule has 2 N–H and O–H groups in total. The van der Waals surface area contributed by atoms with Crippen LogP contribution in [0.2, 0.25) is 0 Å². The van der Waals surface area contributed by atoms with Crippen LogP contribution in [0.5, 0.6) is 5.75 Å². The first kappa shape index (κ1) is 16.9. The lowest BCUT2D eigenvalue weighted by Gasteiger charge is -2.23. The van der Waals surface area contributed by atoms with Crippen molar-refractivity contribution in [2.75, 3.05) is 26.5 Å². The highest BCUT2D eigenvalue weighted by Crippen LogP contribution is 2.19. The molecule has 0 aliphatic carbocycles. The van der Waals surface area contributed by atoms with Crippen molar-refractivity contribution in [1.82, 2.24) is 5.32 Å². The predicted molar refractivity (Wildman–Crippen MR) is 79.7 cm³/mol. The fourth-order valence-corrected chi connectivity index (χ4v) is 1.97. The monoisotopic (exact) mass is 301 g/mol. The zero-order valence-corrected chi connectivity index (χ0v) is 13.2. The Kier molecular flexibility index (Phi) is 5.56. The molecule has 0 saturated heterocycles. The molecule has 1 atom stereocenters. The SMILES string of the molecule is COc1cccc(C(O)CNCC(C)(C)S(C)(=O)=O)c1. The van der Waals surface area contributed by atoms with Crippen LogP contribution in [0.3, 0.4) is 0 Å². The summed E-state index contributed by atoms with van der Waals surface area (Å²) < 4.78 is 27.4. The van der Waals surface area contributed by atoms with E-state index < -0.39 is 20.7 Å². The zero-order chi connectivity index (χ0) is 15.4. The Labute approximate surface area is 120 Å². The van der Waals surface area contributed by atoms with E-state index in [1.165, 1.54) is 6.26 Å². The minimum absolute atomic E-state index is 0.284. The summed E-state index contributed by atoms with van der Waals surface area (Å²) in [5.74, 6) is 0.679. The van der Waals surface area contributed by atoms with Crippen molar-refractivity contribution < 1.29 is 18.3 Å². The molecule has 0 aliphatic heterocycles. The lowest BCUT2D eigenvalue weighted by atomic mass is 10.1. The zero-order valence-electron chi connectivity index (χ0n) is 12.4. The van der Waals surface area contributed by atoms with E-state index in [-0.39, 0.29) is 13.1 Å². The third-order valence-electron chi connectivity index (χ3n) is 3.37. The maximum atomic E-state index is 11.6. The summed E-state index contributed by atoms with van der Waals surface area (Å²) in [4.78, 5) is 0. The van der Waals surface area contributed by atoms with E-state index in [0.29, 0.717) is 5.75 Å². The molecule has 0 saturated carbocycles. The summed E-state index contributed by atoms with van der Waals surface area (Å²) in [6, 6.07) is 7.17. The first-order valence-electron chi connectivity index (χ1n) is 6.40. The van der Waals surface area contributed by atoms with Crippen molar-refractivity contribution in [3.8, 4) is 5.75 Å². The highest BCUT2D eigenvalue weighted by atomic mass is 32.2. The van der Waals surface area contributed by atoms with Crippen LogP contribution < -0.4 is 10.1 Å². The Morgan fingerprint density at radius 2 is 2.05 bits per heavy atom. The van der Waals surface area contributed by atoms with E-state index >= 15 is 0 Å². The Morgan fingerprint density at radius 1 is 1.40 bits per heavy atom. The minimum Gasteiger partial charge on any atom is -0.497 e. The molecule has 1 rings (SSSR count). The molecule has 6 heteroatoms. The maximum absolute atomic E-state index is 11.6. The molecule has 114 valence electrons. The normalized spacial score (nSPS) is 14.1. The average molecular weight is 301 g/mol. The maximum Gasteiger partial charge on any atom is 0.153 e. The molecule has 5 nitrogen and oxygen atoms in total. The number of hydrogen-bond donors (Lipinski definition) is 2. The third-order valence-corrected chi connectivity index (χ3v) is 5.52. The van der Waals surface area contributed by atoms with E-state index in [4.69, 9.17) is 4.74 Å². The highest BCUT2D eigenvalue weighted by molar-refractivity contribution is 7.92. The van der Waals surface area contributed by atoms with Crippen LogP contribution in [-0.2, 0) is 9.84 Å². The Morgan fingerprint density at radius 3 is 2.60 bits per heavy atom. The molecule has 0 heterocycles. The van der Waals surface area contributed by atoms with Gasteiger partial charge in [0.05, 0.1) is 18.0 Å². The van der Waals surface area contributed by atoms with E-state index in [2.05, 4.69) is 5.32 Å². The van der Waals surface area contributed by atoms with Crippen LogP contribution in [0.1, 0.15) is 25.5 Å². The van der Waals surface area contributed by atoms with Gasteiger partial charge in [-0.1, -0.05) is 12.1 Å². The number of nitrogens with one attached hydrogen (secondary N) is 1. The van der Waals surface area contributed by atoms with Crippen LogP contribution >= 0.6 is 0 Å². The quantitative estimate of drug-likeness (QED) is 0.790. The third kappa shape index (κ3) is 4.47. The van der Waals surface area contributed by atoms with Gasteiger partial charge in [0, 0.05) is 19.3 Å². The van der Waals surface area contributed by atoms with Crippen LogP contribution in [0, 0.1) is 0 Å². The minimum atomic E-state index is -3.14. The Hall–Kier alpha value is -1.11. The second-order valence-corrected chi connectivity index (χ2v) is 8.10. The summed E-state index contributed by atoms with van der Waals surface area (Å²) in [6.45, 7) is 3.89. The topological polar surface area (TPSA) is 75.6 Å². The summed E-state index contributed by atoms with van der Waals surface area (Å²) >= 11 is 0. The van der Waals surface area contributed by atoms with Gasteiger partial charge in [0.15, 0.2) is 9.84 Å². The van der Waals surface area contributed by atoms with Gasteiger partial charge in [-0.15, -0.1) is 0 Å². The summed E-state index contributed by atoms with van der Waals surface area (Å²) in [6.07, 6.45) is 0.508. The van der Waals surface area contributed by atoms with Crippen molar-refractivity contribution in [2.24, 2.45) is 0 Å². The molecule has 0 aromatic heterocycles. The first-order valence-corrected chi connectivity index (χ1v) is 8.29. The second-order valence-electron chi connectivity index (χ2n) is 5.46. The molecule has 1 unspecified atom stereocenters. The van der Waals surface area contributed by atoms with Crippen molar-refractivity contribution in [3.63, 3.8) is 0 Å². The van der Waals surface area contributed by atoms with Gasteiger partial charge in [0.2, 0.25) is 0 Å². The number of aliphatic hydroxyl groups excluding tert-OH is 1. The largest absolute Gasteiger partial charge is 0.497 e. The number of methoxy groups -OCH3 is 1. The lowest BCUT2D eigenvalue weighted by molar-refractivity contribution is 0.173. The number of rotatable bonds is 7. The molecule has 1 aromatic rings. The molecule has 0 aliphatic rings. The highest BCUT2D eigenvalue weighted by Gasteiger charge is 2.29. The standard InChI is InChI=1S/C14H23NO4S/c1-14(2,20(4,17)18)10-15-9-13(16)11-6-5-7-12(8-11)19-3/h5-8,13,15-16H,9-10H2,1-4H3. The molecule has 0 radical (unpaired) electrons. The predicted octanol–water partition coefficient (Wildman–Crippen LogP) is 1.14. The number of aliphatic hydroxyl groups is 1. The Bertz CT molecular complexity index is 540. The molecule has 0 amide bonds. The lowest BCUT2D eigenvalue weighted by Crippen LogP contribution is -2.42. The van der Waals surface area contributed by atoms with Gasteiger partial charge in [-0.2, -0.15) is 0 Å². The molecular weight excluding hydrogens is 278 g/mol. The second kappa shape index (κ2) is 6.56. The average Bonchev–Trinajstić information content (AvgIpc) is 2.37. The molecule has 1 aromatic carbocycles. The Balaban J connectivity index is 2.58. The number of benzene rings is 1. The fourth-order valence-electron chi connectivity index (χ4n) is 1.61. The fraction of sp³-hybridized carbons (Fsp3) is 0.571.